The van der Waals surface area contributed by atoms with E-state index in [1.165, 1.54) is 11.8 Å². The molecule has 0 bridgehead atoms. The predicted molar refractivity (Wildman–Crippen MR) is 104 cm³/mol. The maximum absolute atomic E-state index is 12.6. The highest BCUT2D eigenvalue weighted by Crippen LogP contribution is 2.16. The van der Waals surface area contributed by atoms with Crippen molar-refractivity contribution in [1.82, 2.24) is 10.1 Å². The third-order valence-electron chi connectivity index (χ3n) is 3.77. The van der Waals surface area contributed by atoms with Crippen molar-refractivity contribution in [3.63, 3.8) is 0 Å². The number of nitrogens with one attached hydrogen (secondary N) is 1. The number of carbonyl (C=O) groups excluding carboxylic acids is 2. The fourth-order valence-corrected chi connectivity index (χ4v) is 3.17. The Balaban J connectivity index is 1.84. The van der Waals surface area contributed by atoms with Gasteiger partial charge in [-0.1, -0.05) is 42.4 Å². The van der Waals surface area contributed by atoms with Crippen molar-refractivity contribution >= 4 is 29.4 Å². The van der Waals surface area contributed by atoms with E-state index in [0.29, 0.717) is 24.7 Å². The van der Waals surface area contributed by atoms with E-state index in [0.717, 1.165) is 12.0 Å². The summed E-state index contributed by atoms with van der Waals surface area (Å²) >= 11 is 1.32. The highest BCUT2D eigenvalue weighted by atomic mass is 32.2. The lowest BCUT2D eigenvalue weighted by atomic mass is 10.2. The van der Waals surface area contributed by atoms with Crippen LogP contribution in [0.15, 0.2) is 40.9 Å². The molecular formula is C19H25N3O3S. The van der Waals surface area contributed by atoms with Crippen molar-refractivity contribution in [1.29, 1.82) is 0 Å². The van der Waals surface area contributed by atoms with Crippen molar-refractivity contribution in [3.05, 3.63) is 47.7 Å². The number of amides is 2. The highest BCUT2D eigenvalue weighted by molar-refractivity contribution is 8.01. The largest absolute Gasteiger partial charge is 0.360 e. The van der Waals surface area contributed by atoms with Gasteiger partial charge in [-0.2, -0.15) is 0 Å². The van der Waals surface area contributed by atoms with Gasteiger partial charge in [0.25, 0.3) is 0 Å². The topological polar surface area (TPSA) is 75.4 Å². The molecule has 1 aromatic carbocycles. The molecule has 0 spiro atoms. The van der Waals surface area contributed by atoms with Gasteiger partial charge in [0.15, 0.2) is 5.82 Å². The number of thioether (sulfide) groups is 1. The second kappa shape index (κ2) is 10.0. The Hall–Kier alpha value is -2.28. The van der Waals surface area contributed by atoms with Crippen LogP contribution < -0.4 is 5.32 Å². The predicted octanol–water partition coefficient (Wildman–Crippen LogP) is 3.48. The molecule has 1 unspecified atom stereocenters. The zero-order valence-corrected chi connectivity index (χ0v) is 16.2. The second-order valence-electron chi connectivity index (χ2n) is 6.07. The third kappa shape index (κ3) is 6.22. The maximum Gasteiger partial charge on any atom is 0.238 e. The van der Waals surface area contributed by atoms with E-state index in [4.69, 9.17) is 4.52 Å². The molecule has 2 rings (SSSR count). The second-order valence-corrected chi connectivity index (χ2v) is 7.40. The van der Waals surface area contributed by atoms with Gasteiger partial charge in [-0.25, -0.2) is 0 Å². The molecule has 0 aliphatic rings. The van der Waals surface area contributed by atoms with Gasteiger partial charge in [-0.05, 0) is 25.8 Å². The molecular weight excluding hydrogens is 350 g/mol. The quantitative estimate of drug-likeness (QED) is 0.726. The molecule has 1 heterocycles. The van der Waals surface area contributed by atoms with E-state index < -0.39 is 0 Å². The van der Waals surface area contributed by atoms with Crippen LogP contribution in [-0.2, 0) is 16.1 Å². The van der Waals surface area contributed by atoms with Gasteiger partial charge in [-0.15, -0.1) is 11.8 Å². The van der Waals surface area contributed by atoms with Gasteiger partial charge in [0, 0.05) is 19.2 Å². The smallest absolute Gasteiger partial charge is 0.238 e. The van der Waals surface area contributed by atoms with E-state index >= 15 is 0 Å². The monoisotopic (exact) mass is 375 g/mol. The van der Waals surface area contributed by atoms with Crippen molar-refractivity contribution in [2.75, 3.05) is 17.6 Å². The first-order chi connectivity index (χ1) is 12.5. The Morgan fingerprint density at radius 1 is 1.31 bits per heavy atom. The van der Waals surface area contributed by atoms with E-state index in [1.807, 2.05) is 42.2 Å². The Kier molecular flexibility index (Phi) is 7.72. The van der Waals surface area contributed by atoms with E-state index in [1.54, 1.807) is 19.9 Å². The molecule has 140 valence electrons. The molecule has 2 amide bonds. The average molecular weight is 375 g/mol. The summed E-state index contributed by atoms with van der Waals surface area (Å²) in [6.07, 6.45) is 0.894. The summed E-state index contributed by atoms with van der Waals surface area (Å²) in [4.78, 5) is 26.6. The number of carbonyl (C=O) groups is 2. The molecule has 0 aliphatic carbocycles. The average Bonchev–Trinajstić information content (AvgIpc) is 3.04. The van der Waals surface area contributed by atoms with E-state index in [-0.39, 0.29) is 22.8 Å². The fraction of sp³-hybridized carbons (Fsp3) is 0.421. The lowest BCUT2D eigenvalue weighted by molar-refractivity contribution is -0.129. The molecule has 0 radical (unpaired) electrons. The molecule has 0 saturated heterocycles. The van der Waals surface area contributed by atoms with Gasteiger partial charge in [-0.3, -0.25) is 9.59 Å². The van der Waals surface area contributed by atoms with Gasteiger partial charge >= 0.3 is 0 Å². The van der Waals surface area contributed by atoms with E-state index in [9.17, 15) is 9.59 Å². The molecule has 1 N–H and O–H groups in total. The van der Waals surface area contributed by atoms with Crippen LogP contribution in [0.25, 0.3) is 0 Å². The molecule has 2 aromatic rings. The number of nitrogens with zero attached hydrogens (tertiary/aromatic N) is 2. The van der Waals surface area contributed by atoms with Crippen LogP contribution in [-0.4, -0.2) is 39.4 Å². The zero-order valence-electron chi connectivity index (χ0n) is 15.4. The summed E-state index contributed by atoms with van der Waals surface area (Å²) in [5, 5.41) is 6.07. The zero-order chi connectivity index (χ0) is 18.9. The number of rotatable bonds is 9. The van der Waals surface area contributed by atoms with Crippen LogP contribution >= 0.6 is 11.8 Å². The minimum atomic E-state index is -0.365. The highest BCUT2D eigenvalue weighted by Gasteiger charge is 2.19. The lowest BCUT2D eigenvalue weighted by Gasteiger charge is -2.23. The summed E-state index contributed by atoms with van der Waals surface area (Å²) < 4.78 is 4.93. The van der Waals surface area contributed by atoms with Crippen LogP contribution in [0, 0.1) is 6.92 Å². The first kappa shape index (κ1) is 20.0. The molecule has 0 saturated carbocycles. The van der Waals surface area contributed by atoms with Gasteiger partial charge < -0.3 is 14.7 Å². The first-order valence-corrected chi connectivity index (χ1v) is 9.72. The summed E-state index contributed by atoms with van der Waals surface area (Å²) in [5.74, 6) is 1.13. The van der Waals surface area contributed by atoms with Crippen molar-refractivity contribution < 1.29 is 14.1 Å². The minimum Gasteiger partial charge on any atom is -0.360 e. The van der Waals surface area contributed by atoms with Gasteiger partial charge in [0.05, 0.1) is 11.0 Å². The Morgan fingerprint density at radius 2 is 2.04 bits per heavy atom. The molecule has 26 heavy (non-hydrogen) atoms. The van der Waals surface area contributed by atoms with Crippen LogP contribution in [0.3, 0.4) is 0 Å². The first-order valence-electron chi connectivity index (χ1n) is 8.67. The van der Waals surface area contributed by atoms with Crippen molar-refractivity contribution in [3.8, 4) is 0 Å². The van der Waals surface area contributed by atoms with Crippen LogP contribution in [0.2, 0.25) is 0 Å². The molecule has 0 fully saturated rings. The Morgan fingerprint density at radius 3 is 2.65 bits per heavy atom. The van der Waals surface area contributed by atoms with Crippen molar-refractivity contribution in [2.24, 2.45) is 0 Å². The molecule has 6 nitrogen and oxygen atoms in total. The van der Waals surface area contributed by atoms with Crippen molar-refractivity contribution in [2.45, 2.75) is 39.0 Å². The van der Waals surface area contributed by atoms with Gasteiger partial charge in [0.2, 0.25) is 11.8 Å². The SMILES string of the molecule is CCCN(Cc1ccccc1)C(=O)CSC(C)C(=O)Nc1cc(C)on1. The molecule has 0 aliphatic heterocycles. The maximum atomic E-state index is 12.6. The van der Waals surface area contributed by atoms with Crippen LogP contribution in [0.4, 0.5) is 5.82 Å². The standard InChI is InChI=1S/C19H25N3O3S/c1-4-10-22(12-16-8-6-5-7-9-16)18(23)13-26-15(3)19(24)20-17-11-14(2)25-21-17/h5-9,11,15H,4,10,12-13H2,1-3H3,(H,20,21,24). The summed E-state index contributed by atoms with van der Waals surface area (Å²) in [6, 6.07) is 11.6. The number of benzene rings is 1. The fourth-order valence-electron chi connectivity index (χ4n) is 2.38. The van der Waals surface area contributed by atoms with Crippen LogP contribution in [0.5, 0.6) is 0 Å². The normalized spacial score (nSPS) is 11.8. The third-order valence-corrected chi connectivity index (χ3v) is 4.90. The molecule has 1 atom stereocenters. The number of hydrogen-bond acceptors (Lipinski definition) is 5. The molecule has 1 aromatic heterocycles. The number of aryl methyl sites for hydroxylation is 1. The van der Waals surface area contributed by atoms with E-state index in [2.05, 4.69) is 10.5 Å². The Bertz CT molecular complexity index is 718. The number of anilines is 1. The van der Waals surface area contributed by atoms with Crippen LogP contribution in [0.1, 0.15) is 31.6 Å². The Labute approximate surface area is 158 Å². The molecule has 7 heteroatoms. The lowest BCUT2D eigenvalue weighted by Crippen LogP contribution is -2.34. The number of hydrogen-bond donors (Lipinski definition) is 1. The summed E-state index contributed by atoms with van der Waals surface area (Å²) in [5.41, 5.74) is 1.10. The summed E-state index contributed by atoms with van der Waals surface area (Å²) in [7, 11) is 0. The number of aromatic nitrogens is 1. The van der Waals surface area contributed by atoms with Gasteiger partial charge in [0.1, 0.15) is 5.76 Å². The minimum absolute atomic E-state index is 0.0395. The summed E-state index contributed by atoms with van der Waals surface area (Å²) in [6.45, 7) is 6.88.